The largest absolute Gasteiger partial charge is 0.493 e. The van der Waals surface area contributed by atoms with Gasteiger partial charge in [-0.25, -0.2) is 9.79 Å². The fourth-order valence-electron chi connectivity index (χ4n) is 2.67. The molecule has 0 aromatic heterocycles. The molecule has 1 heterocycles. The maximum Gasteiger partial charge on any atom is 0.335 e. The van der Waals surface area contributed by atoms with Gasteiger partial charge in [0.1, 0.15) is 0 Å². The van der Waals surface area contributed by atoms with Crippen LogP contribution in [0.5, 0.6) is 11.5 Å². The van der Waals surface area contributed by atoms with Crippen molar-refractivity contribution in [1.29, 1.82) is 0 Å². The minimum Gasteiger partial charge on any atom is -0.493 e. The summed E-state index contributed by atoms with van der Waals surface area (Å²) in [6.45, 7) is 2.42. The molecular weight excluding hydrogens is 392 g/mol. The molecule has 0 saturated carbocycles. The summed E-state index contributed by atoms with van der Waals surface area (Å²) >= 11 is 1.23. The van der Waals surface area contributed by atoms with Gasteiger partial charge >= 0.3 is 5.97 Å². The summed E-state index contributed by atoms with van der Waals surface area (Å²) in [4.78, 5) is 30.1. The van der Waals surface area contributed by atoms with Gasteiger partial charge in [0.05, 0.1) is 29.9 Å². The number of hydrogen-bond donors (Lipinski definition) is 1. The topological polar surface area (TPSA) is 88.4 Å². The van der Waals surface area contributed by atoms with E-state index in [-0.39, 0.29) is 11.5 Å². The van der Waals surface area contributed by atoms with Crippen LogP contribution >= 0.6 is 11.8 Å². The van der Waals surface area contributed by atoms with Crippen LogP contribution in [0.15, 0.2) is 52.4 Å². The van der Waals surface area contributed by atoms with E-state index >= 15 is 0 Å². The molecule has 0 atom stereocenters. The Morgan fingerprint density at radius 1 is 1.24 bits per heavy atom. The van der Waals surface area contributed by atoms with Crippen LogP contribution in [-0.2, 0) is 4.79 Å². The van der Waals surface area contributed by atoms with E-state index in [4.69, 9.17) is 14.6 Å². The number of amidine groups is 1. The van der Waals surface area contributed by atoms with E-state index in [1.807, 2.05) is 13.0 Å². The van der Waals surface area contributed by atoms with Gasteiger partial charge in [-0.3, -0.25) is 9.69 Å². The lowest BCUT2D eigenvalue weighted by Gasteiger charge is -2.09. The first-order chi connectivity index (χ1) is 13.9. The molecule has 1 amide bonds. The quantitative estimate of drug-likeness (QED) is 0.721. The highest BCUT2D eigenvalue weighted by Crippen LogP contribution is 2.35. The molecule has 2 aromatic carbocycles. The molecule has 0 unspecified atom stereocenters. The molecule has 1 aliphatic rings. The van der Waals surface area contributed by atoms with Crippen molar-refractivity contribution in [1.82, 2.24) is 4.90 Å². The zero-order valence-electron chi connectivity index (χ0n) is 16.2. The number of amides is 1. The molecule has 3 rings (SSSR count). The number of aliphatic imine (C=N–C) groups is 1. The summed E-state index contributed by atoms with van der Waals surface area (Å²) < 4.78 is 10.9. The van der Waals surface area contributed by atoms with Crippen molar-refractivity contribution in [3.05, 3.63) is 58.5 Å². The highest BCUT2D eigenvalue weighted by molar-refractivity contribution is 8.18. The number of carbonyl (C=O) groups is 2. The van der Waals surface area contributed by atoms with Crippen LogP contribution < -0.4 is 9.47 Å². The molecule has 0 bridgehead atoms. The number of carbonyl (C=O) groups excluding carboxylic acids is 1. The number of likely N-dealkylation sites (N-methyl/N-ethyl adjacent to an activating group) is 1. The zero-order valence-corrected chi connectivity index (χ0v) is 17.0. The Balaban J connectivity index is 1.88. The second-order valence-electron chi connectivity index (χ2n) is 6.07. The number of methoxy groups -OCH3 is 1. The molecule has 0 spiro atoms. The lowest BCUT2D eigenvalue weighted by molar-refractivity contribution is -0.121. The Kier molecular flexibility index (Phi) is 6.23. The van der Waals surface area contributed by atoms with Gasteiger partial charge in [0, 0.05) is 7.05 Å². The smallest absolute Gasteiger partial charge is 0.335 e. The van der Waals surface area contributed by atoms with Crippen LogP contribution in [0.3, 0.4) is 0 Å². The molecular formula is C21H20N2O5S. The van der Waals surface area contributed by atoms with Crippen LogP contribution in [0.1, 0.15) is 22.8 Å². The Hall–Kier alpha value is -3.26. The van der Waals surface area contributed by atoms with E-state index in [9.17, 15) is 9.59 Å². The Bertz CT molecular complexity index is 1020. The second-order valence-corrected chi connectivity index (χ2v) is 7.08. The average Bonchev–Trinajstić information content (AvgIpc) is 2.97. The third-order valence-corrected chi connectivity index (χ3v) is 5.17. The number of aromatic carboxylic acids is 1. The second kappa shape index (κ2) is 8.83. The van der Waals surface area contributed by atoms with Crippen LogP contribution in [-0.4, -0.2) is 47.8 Å². The molecule has 29 heavy (non-hydrogen) atoms. The Morgan fingerprint density at radius 3 is 2.72 bits per heavy atom. The van der Waals surface area contributed by atoms with Crippen molar-refractivity contribution in [3.8, 4) is 11.5 Å². The zero-order chi connectivity index (χ0) is 21.0. The van der Waals surface area contributed by atoms with Gasteiger partial charge in [-0.2, -0.15) is 0 Å². The van der Waals surface area contributed by atoms with Gasteiger partial charge in [0.15, 0.2) is 16.7 Å². The maximum atomic E-state index is 12.6. The predicted octanol–water partition coefficient (Wildman–Crippen LogP) is 4.03. The van der Waals surface area contributed by atoms with E-state index in [2.05, 4.69) is 4.99 Å². The molecule has 0 aliphatic carbocycles. The van der Waals surface area contributed by atoms with Crippen molar-refractivity contribution >= 4 is 40.6 Å². The van der Waals surface area contributed by atoms with Gasteiger partial charge in [-0.1, -0.05) is 12.1 Å². The minimum atomic E-state index is -1.03. The third-order valence-electron chi connectivity index (χ3n) is 4.11. The first-order valence-corrected chi connectivity index (χ1v) is 9.65. The van der Waals surface area contributed by atoms with Gasteiger partial charge in [-0.15, -0.1) is 0 Å². The molecule has 7 nitrogen and oxygen atoms in total. The first-order valence-electron chi connectivity index (χ1n) is 8.83. The van der Waals surface area contributed by atoms with E-state index in [0.29, 0.717) is 33.9 Å². The number of ether oxygens (including phenoxy) is 2. The van der Waals surface area contributed by atoms with E-state index < -0.39 is 5.97 Å². The van der Waals surface area contributed by atoms with Crippen LogP contribution in [0.4, 0.5) is 5.69 Å². The van der Waals surface area contributed by atoms with Crippen molar-refractivity contribution in [2.45, 2.75) is 6.92 Å². The number of carboxylic acids is 1. The summed E-state index contributed by atoms with van der Waals surface area (Å²) in [5.74, 6) is 0.0150. The molecule has 1 aliphatic heterocycles. The molecule has 1 saturated heterocycles. The molecule has 8 heteroatoms. The summed E-state index contributed by atoms with van der Waals surface area (Å²) in [5, 5.41) is 9.59. The van der Waals surface area contributed by atoms with Crippen molar-refractivity contribution in [2.75, 3.05) is 20.8 Å². The number of benzene rings is 2. The van der Waals surface area contributed by atoms with E-state index in [0.717, 1.165) is 5.56 Å². The number of thioether (sulfide) groups is 1. The van der Waals surface area contributed by atoms with Gasteiger partial charge < -0.3 is 14.6 Å². The lowest BCUT2D eigenvalue weighted by atomic mass is 10.2. The summed E-state index contributed by atoms with van der Waals surface area (Å²) in [6.07, 6.45) is 1.76. The normalized spacial score (nSPS) is 16.5. The molecule has 1 fully saturated rings. The minimum absolute atomic E-state index is 0.140. The van der Waals surface area contributed by atoms with E-state index in [1.54, 1.807) is 44.5 Å². The first kappa shape index (κ1) is 20.5. The summed E-state index contributed by atoms with van der Waals surface area (Å²) in [5.41, 5.74) is 1.40. The summed E-state index contributed by atoms with van der Waals surface area (Å²) in [7, 11) is 3.20. The van der Waals surface area contributed by atoms with Crippen LogP contribution in [0.2, 0.25) is 0 Å². The third kappa shape index (κ3) is 4.60. The highest BCUT2D eigenvalue weighted by Gasteiger charge is 2.30. The molecule has 2 aromatic rings. The van der Waals surface area contributed by atoms with Gasteiger partial charge in [0.2, 0.25) is 0 Å². The van der Waals surface area contributed by atoms with Crippen molar-refractivity contribution < 1.29 is 24.2 Å². The molecule has 150 valence electrons. The standard InChI is InChI=1S/C21H20N2O5S/c1-4-28-16-9-8-13(10-17(16)27-3)11-18-19(24)23(2)21(29-18)22-15-7-5-6-14(12-15)20(25)26/h5-12H,4H2,1-3H3,(H,25,26)/b18-11+,22-21?. The Labute approximate surface area is 172 Å². The van der Waals surface area contributed by atoms with Crippen molar-refractivity contribution in [3.63, 3.8) is 0 Å². The highest BCUT2D eigenvalue weighted by atomic mass is 32.2. The number of nitrogens with zero attached hydrogens (tertiary/aromatic N) is 2. The fourth-order valence-corrected chi connectivity index (χ4v) is 3.66. The van der Waals surface area contributed by atoms with Gasteiger partial charge in [0.25, 0.3) is 5.91 Å². The fraction of sp³-hybridized carbons (Fsp3) is 0.190. The molecule has 0 radical (unpaired) electrons. The molecule has 1 N–H and O–H groups in total. The van der Waals surface area contributed by atoms with Crippen molar-refractivity contribution in [2.24, 2.45) is 4.99 Å². The van der Waals surface area contributed by atoms with Crippen LogP contribution in [0, 0.1) is 0 Å². The number of carboxylic acid groups (broad SMARTS) is 1. The number of rotatable bonds is 6. The van der Waals surface area contributed by atoms with E-state index in [1.165, 1.54) is 28.8 Å². The lowest BCUT2D eigenvalue weighted by Crippen LogP contribution is -2.23. The monoisotopic (exact) mass is 412 g/mol. The SMILES string of the molecule is CCOc1ccc(/C=C2/SC(=Nc3cccc(C(=O)O)c3)N(C)C2=O)cc1OC. The predicted molar refractivity (Wildman–Crippen MR) is 113 cm³/mol. The van der Waals surface area contributed by atoms with Crippen LogP contribution in [0.25, 0.3) is 6.08 Å². The Morgan fingerprint density at radius 2 is 2.03 bits per heavy atom. The summed E-state index contributed by atoms with van der Waals surface area (Å²) in [6, 6.07) is 11.7. The van der Waals surface area contributed by atoms with Gasteiger partial charge in [-0.05, 0) is 60.7 Å². The average molecular weight is 412 g/mol. The number of hydrogen-bond acceptors (Lipinski definition) is 6. The maximum absolute atomic E-state index is 12.6.